The van der Waals surface area contributed by atoms with E-state index in [-0.39, 0.29) is 25.9 Å². The molecule has 0 saturated heterocycles. The summed E-state index contributed by atoms with van der Waals surface area (Å²) >= 11 is 0. The quantitative estimate of drug-likeness (QED) is 0.209. The number of nitrogens with zero attached hydrogens (tertiary/aromatic N) is 2. The molecule has 1 aromatic carbocycles. The number of unbranched alkanes of at least 4 members (excludes halogenated alkanes) is 6. The van der Waals surface area contributed by atoms with Crippen LogP contribution < -0.4 is 4.74 Å². The van der Waals surface area contributed by atoms with E-state index in [0.29, 0.717) is 18.0 Å². The molecule has 2 aromatic rings. The minimum Gasteiger partial charge on any atom is -0.490 e. The molecule has 0 saturated carbocycles. The summed E-state index contributed by atoms with van der Waals surface area (Å²) in [5, 5.41) is 0. The molecule has 2 unspecified atom stereocenters. The monoisotopic (exact) mass is 460 g/mol. The largest absolute Gasteiger partial charge is 0.490 e. The lowest BCUT2D eigenvalue weighted by Gasteiger charge is -2.11. The zero-order chi connectivity index (χ0) is 23.7. The molecule has 0 radical (unpaired) electrons. The summed E-state index contributed by atoms with van der Waals surface area (Å²) in [6.45, 7) is 4.43. The third-order valence-electron chi connectivity index (χ3n) is 6.00. The molecule has 0 amide bonds. The van der Waals surface area contributed by atoms with Gasteiger partial charge < -0.3 is 4.74 Å². The van der Waals surface area contributed by atoms with Crippen LogP contribution in [0.1, 0.15) is 96.5 Å². The van der Waals surface area contributed by atoms with Crippen molar-refractivity contribution < 1.29 is 13.5 Å². The van der Waals surface area contributed by atoms with Crippen molar-refractivity contribution >= 4 is 0 Å². The number of benzene rings is 1. The van der Waals surface area contributed by atoms with Crippen LogP contribution in [-0.2, 0) is 6.42 Å². The molecule has 33 heavy (non-hydrogen) atoms. The van der Waals surface area contributed by atoms with Gasteiger partial charge in [0.05, 0.1) is 19.0 Å². The van der Waals surface area contributed by atoms with Crippen LogP contribution >= 0.6 is 0 Å². The highest BCUT2D eigenvalue weighted by Gasteiger charge is 2.12. The standard InChI is InChI=1S/C28H42F2N2O/c1-3-5-6-7-8-9-10-12-23-13-15-24(16-14-23)28-31-21-27(22-32-28)33-20-19-26(30)18-17-25(29)11-4-2/h13-16,21-22,25-26H,3-12,17-20H2,1-2H3. The van der Waals surface area contributed by atoms with E-state index in [1.165, 1.54) is 50.5 Å². The second-order valence-corrected chi connectivity index (χ2v) is 9.01. The highest BCUT2D eigenvalue weighted by Crippen LogP contribution is 2.20. The summed E-state index contributed by atoms with van der Waals surface area (Å²) in [4.78, 5) is 8.78. The van der Waals surface area contributed by atoms with Gasteiger partial charge in [0, 0.05) is 12.0 Å². The first-order valence-corrected chi connectivity index (χ1v) is 12.9. The Morgan fingerprint density at radius 3 is 1.97 bits per heavy atom. The Morgan fingerprint density at radius 2 is 1.33 bits per heavy atom. The summed E-state index contributed by atoms with van der Waals surface area (Å²) in [5.74, 6) is 1.17. The Hall–Kier alpha value is -2.04. The maximum Gasteiger partial charge on any atom is 0.159 e. The first-order chi connectivity index (χ1) is 16.1. The lowest BCUT2D eigenvalue weighted by Crippen LogP contribution is -2.11. The van der Waals surface area contributed by atoms with Gasteiger partial charge in [-0.25, -0.2) is 18.7 Å². The number of alkyl halides is 2. The van der Waals surface area contributed by atoms with Crippen LogP contribution in [0, 0.1) is 0 Å². The molecule has 0 bridgehead atoms. The number of rotatable bonds is 18. The van der Waals surface area contributed by atoms with E-state index in [9.17, 15) is 8.78 Å². The van der Waals surface area contributed by atoms with Crippen LogP contribution in [0.4, 0.5) is 8.78 Å². The summed E-state index contributed by atoms with van der Waals surface area (Å²) in [6, 6.07) is 8.45. The Morgan fingerprint density at radius 1 is 0.727 bits per heavy atom. The summed E-state index contributed by atoms with van der Waals surface area (Å²) in [6.07, 6.45) is 13.8. The molecule has 0 fully saturated rings. The van der Waals surface area contributed by atoms with Crippen molar-refractivity contribution in [1.29, 1.82) is 0 Å². The molecule has 2 atom stereocenters. The van der Waals surface area contributed by atoms with Crippen LogP contribution in [0.25, 0.3) is 11.4 Å². The summed E-state index contributed by atoms with van der Waals surface area (Å²) in [7, 11) is 0. The second kappa shape index (κ2) is 16.6. The van der Waals surface area contributed by atoms with Crippen molar-refractivity contribution in [3.63, 3.8) is 0 Å². The first kappa shape index (κ1) is 27.2. The molecule has 0 N–H and O–H groups in total. The predicted molar refractivity (Wildman–Crippen MR) is 133 cm³/mol. The highest BCUT2D eigenvalue weighted by atomic mass is 19.1. The molecular formula is C28H42F2N2O. The third-order valence-corrected chi connectivity index (χ3v) is 6.00. The molecule has 0 aliphatic heterocycles. The molecule has 1 aromatic heterocycles. The van der Waals surface area contributed by atoms with E-state index < -0.39 is 12.3 Å². The van der Waals surface area contributed by atoms with Gasteiger partial charge in [-0.15, -0.1) is 0 Å². The number of ether oxygens (including phenoxy) is 1. The molecular weight excluding hydrogens is 418 g/mol. The zero-order valence-electron chi connectivity index (χ0n) is 20.6. The van der Waals surface area contributed by atoms with Gasteiger partial charge in [-0.3, -0.25) is 0 Å². The highest BCUT2D eigenvalue weighted by molar-refractivity contribution is 5.55. The topological polar surface area (TPSA) is 35.0 Å². The molecule has 3 nitrogen and oxygen atoms in total. The van der Waals surface area contributed by atoms with Crippen molar-refractivity contribution in [1.82, 2.24) is 9.97 Å². The molecule has 1 heterocycles. The normalized spacial score (nSPS) is 13.1. The Bertz CT molecular complexity index is 737. The Balaban J connectivity index is 1.67. The van der Waals surface area contributed by atoms with Gasteiger partial charge in [0.1, 0.15) is 12.3 Å². The van der Waals surface area contributed by atoms with Crippen LogP contribution in [-0.4, -0.2) is 28.9 Å². The van der Waals surface area contributed by atoms with Crippen LogP contribution in [0.15, 0.2) is 36.7 Å². The van der Waals surface area contributed by atoms with Gasteiger partial charge in [-0.05, 0) is 37.7 Å². The van der Waals surface area contributed by atoms with Crippen molar-refractivity contribution in [2.45, 2.75) is 110 Å². The van der Waals surface area contributed by atoms with Gasteiger partial charge >= 0.3 is 0 Å². The smallest absolute Gasteiger partial charge is 0.159 e. The van der Waals surface area contributed by atoms with Gasteiger partial charge in [0.25, 0.3) is 0 Å². The molecule has 0 aliphatic carbocycles. The van der Waals surface area contributed by atoms with Crippen molar-refractivity contribution in [3.8, 4) is 17.1 Å². The summed E-state index contributed by atoms with van der Waals surface area (Å²) < 4.78 is 32.9. The average molecular weight is 461 g/mol. The van der Waals surface area contributed by atoms with Crippen LogP contribution in [0.3, 0.4) is 0 Å². The van der Waals surface area contributed by atoms with Crippen LogP contribution in [0.2, 0.25) is 0 Å². The lowest BCUT2D eigenvalue weighted by atomic mass is 10.0. The number of hydrogen-bond donors (Lipinski definition) is 0. The number of hydrogen-bond acceptors (Lipinski definition) is 3. The minimum atomic E-state index is -1.04. The van der Waals surface area contributed by atoms with Crippen molar-refractivity contribution in [2.24, 2.45) is 0 Å². The van der Waals surface area contributed by atoms with Crippen molar-refractivity contribution in [2.75, 3.05) is 6.61 Å². The fourth-order valence-corrected chi connectivity index (χ4v) is 3.91. The minimum absolute atomic E-state index is 0.238. The average Bonchev–Trinajstić information content (AvgIpc) is 2.83. The maximum absolute atomic E-state index is 13.9. The van der Waals surface area contributed by atoms with Gasteiger partial charge in [0.2, 0.25) is 0 Å². The SMILES string of the molecule is CCCCCCCCCc1ccc(-c2ncc(OCCC(F)CCC(F)CCC)cn2)cc1. The molecule has 2 rings (SSSR count). The second-order valence-electron chi connectivity index (χ2n) is 9.01. The predicted octanol–water partition coefficient (Wildman–Crippen LogP) is 8.46. The fourth-order valence-electron chi connectivity index (χ4n) is 3.91. The van der Waals surface area contributed by atoms with Gasteiger partial charge in [0.15, 0.2) is 11.6 Å². The summed E-state index contributed by atoms with van der Waals surface area (Å²) in [5.41, 5.74) is 2.32. The molecule has 5 heteroatoms. The van der Waals surface area contributed by atoms with Gasteiger partial charge in [-0.1, -0.05) is 83.1 Å². The number of aryl methyl sites for hydroxylation is 1. The molecule has 0 aliphatic rings. The number of halogens is 2. The molecule has 184 valence electrons. The Labute approximate surface area is 199 Å². The van der Waals surface area contributed by atoms with E-state index >= 15 is 0 Å². The zero-order valence-corrected chi connectivity index (χ0v) is 20.6. The van der Waals surface area contributed by atoms with E-state index in [4.69, 9.17) is 4.74 Å². The lowest BCUT2D eigenvalue weighted by molar-refractivity contribution is 0.200. The molecule has 0 spiro atoms. The van der Waals surface area contributed by atoms with Crippen molar-refractivity contribution in [3.05, 3.63) is 42.2 Å². The Kier molecular flexibility index (Phi) is 13.6. The number of aromatic nitrogens is 2. The fraction of sp³-hybridized carbons (Fsp3) is 0.643. The van der Waals surface area contributed by atoms with Crippen LogP contribution in [0.5, 0.6) is 5.75 Å². The van der Waals surface area contributed by atoms with E-state index in [1.54, 1.807) is 12.4 Å². The van der Waals surface area contributed by atoms with E-state index in [1.807, 2.05) is 6.92 Å². The first-order valence-electron chi connectivity index (χ1n) is 12.9. The van der Waals surface area contributed by atoms with E-state index in [0.717, 1.165) is 18.4 Å². The maximum atomic E-state index is 13.9. The van der Waals surface area contributed by atoms with Gasteiger partial charge in [-0.2, -0.15) is 0 Å². The van der Waals surface area contributed by atoms with E-state index in [2.05, 4.69) is 41.2 Å². The third kappa shape index (κ3) is 11.6.